The molecule has 1 saturated heterocycles. The molecule has 0 radical (unpaired) electrons. The Morgan fingerprint density at radius 2 is 2.00 bits per heavy atom. The number of aliphatic hydroxyl groups is 2. The summed E-state index contributed by atoms with van der Waals surface area (Å²) in [6.07, 6.45) is 3.45. The molecule has 4 atom stereocenters. The highest BCUT2D eigenvalue weighted by molar-refractivity contribution is 5.92. The van der Waals surface area contributed by atoms with E-state index in [-0.39, 0.29) is 11.1 Å². The number of rotatable bonds is 5. The fraction of sp³-hybridized carbons (Fsp3) is 0.500. The Morgan fingerprint density at radius 1 is 1.30 bits per heavy atom. The van der Waals surface area contributed by atoms with Crippen LogP contribution in [0, 0.1) is 5.92 Å². The molecule has 1 fully saturated rings. The third-order valence-corrected chi connectivity index (χ3v) is 5.14. The number of hydrogen-bond donors (Lipinski definition) is 2. The van der Waals surface area contributed by atoms with Crippen LogP contribution in [0.5, 0.6) is 0 Å². The summed E-state index contributed by atoms with van der Waals surface area (Å²) in [5, 5.41) is 18.4. The van der Waals surface area contributed by atoms with Crippen LogP contribution < -0.4 is 0 Å². The fourth-order valence-electron chi connectivity index (χ4n) is 3.56. The Balaban J connectivity index is 2.42. The maximum Gasteiger partial charge on any atom is 0.336 e. The quantitative estimate of drug-likeness (QED) is 0.297. The lowest BCUT2D eigenvalue weighted by Crippen LogP contribution is -2.34. The first-order valence-corrected chi connectivity index (χ1v) is 9.70. The van der Waals surface area contributed by atoms with Crippen molar-refractivity contribution in [2.45, 2.75) is 51.9 Å². The van der Waals surface area contributed by atoms with Crippen molar-refractivity contribution < 1.29 is 38.8 Å². The maximum absolute atomic E-state index is 12.5. The normalized spacial score (nSPS) is 30.9. The van der Waals surface area contributed by atoms with Crippen molar-refractivity contribution in [3.05, 3.63) is 47.1 Å². The summed E-state index contributed by atoms with van der Waals surface area (Å²) in [6.45, 7) is 7.76. The Bertz CT molecular complexity index is 804. The Kier molecular flexibility index (Phi) is 8.14. The van der Waals surface area contributed by atoms with Crippen LogP contribution in [0.4, 0.5) is 0 Å². The minimum absolute atomic E-state index is 0.0784. The Labute approximate surface area is 175 Å². The molecule has 1 heterocycles. The SMILES string of the molecule is C=C1C(=O)OC2/C=C(/C)[C@@H](OC(C)=O)C/C=C(\C)C[C@@H](OC(=O)/C(=C/CO)CO)C12. The van der Waals surface area contributed by atoms with Gasteiger partial charge in [0.1, 0.15) is 18.3 Å². The second kappa shape index (κ2) is 10.4. The lowest BCUT2D eigenvalue weighted by molar-refractivity contribution is -0.148. The van der Waals surface area contributed by atoms with Crippen LogP contribution in [0.2, 0.25) is 0 Å². The van der Waals surface area contributed by atoms with E-state index in [0.717, 1.165) is 5.57 Å². The first-order chi connectivity index (χ1) is 14.2. The number of carbonyl (C=O) groups is 3. The van der Waals surface area contributed by atoms with Crippen molar-refractivity contribution in [2.24, 2.45) is 5.92 Å². The molecule has 1 aliphatic heterocycles. The van der Waals surface area contributed by atoms with E-state index in [4.69, 9.17) is 19.3 Å². The molecular formula is C22H28O8. The van der Waals surface area contributed by atoms with Gasteiger partial charge in [0.15, 0.2) is 0 Å². The predicted octanol–water partition coefficient (Wildman–Crippen LogP) is 1.53. The van der Waals surface area contributed by atoms with E-state index < -0.39 is 55.4 Å². The van der Waals surface area contributed by atoms with Crippen molar-refractivity contribution in [1.29, 1.82) is 0 Å². The summed E-state index contributed by atoms with van der Waals surface area (Å²) < 4.78 is 16.5. The number of ether oxygens (including phenoxy) is 3. The van der Waals surface area contributed by atoms with Gasteiger partial charge in [0.05, 0.1) is 24.7 Å². The van der Waals surface area contributed by atoms with Crippen LogP contribution in [0.3, 0.4) is 0 Å². The highest BCUT2D eigenvalue weighted by Gasteiger charge is 2.45. The van der Waals surface area contributed by atoms with Crippen LogP contribution in [-0.4, -0.2) is 59.6 Å². The molecule has 0 spiro atoms. The van der Waals surface area contributed by atoms with Gasteiger partial charge >= 0.3 is 17.9 Å². The average Bonchev–Trinajstić information content (AvgIpc) is 2.94. The summed E-state index contributed by atoms with van der Waals surface area (Å²) in [4.78, 5) is 36.2. The largest absolute Gasteiger partial charge is 0.458 e. The Hall–Kier alpha value is -2.71. The van der Waals surface area contributed by atoms with E-state index in [1.807, 2.05) is 13.0 Å². The Morgan fingerprint density at radius 3 is 2.60 bits per heavy atom. The molecular weight excluding hydrogens is 392 g/mol. The highest BCUT2D eigenvalue weighted by atomic mass is 16.6. The molecule has 2 rings (SSSR count). The topological polar surface area (TPSA) is 119 Å². The smallest absolute Gasteiger partial charge is 0.336 e. The number of carbonyl (C=O) groups excluding carboxylic acids is 3. The van der Waals surface area contributed by atoms with Gasteiger partial charge < -0.3 is 24.4 Å². The molecule has 0 bridgehead atoms. The molecule has 0 aromatic carbocycles. The zero-order valence-corrected chi connectivity index (χ0v) is 17.4. The molecule has 0 aromatic rings. The maximum atomic E-state index is 12.5. The molecule has 1 aliphatic carbocycles. The van der Waals surface area contributed by atoms with Crippen LogP contribution in [0.1, 0.15) is 33.6 Å². The zero-order valence-electron chi connectivity index (χ0n) is 17.4. The minimum atomic E-state index is -0.786. The van der Waals surface area contributed by atoms with E-state index >= 15 is 0 Å². The molecule has 164 valence electrons. The molecule has 30 heavy (non-hydrogen) atoms. The molecule has 0 amide bonds. The van der Waals surface area contributed by atoms with Crippen LogP contribution in [0.15, 0.2) is 47.1 Å². The first-order valence-electron chi connectivity index (χ1n) is 9.70. The van der Waals surface area contributed by atoms with Gasteiger partial charge in [0.25, 0.3) is 0 Å². The average molecular weight is 420 g/mol. The lowest BCUT2D eigenvalue weighted by Gasteiger charge is -2.28. The van der Waals surface area contributed by atoms with E-state index in [0.29, 0.717) is 18.4 Å². The lowest BCUT2D eigenvalue weighted by atomic mass is 9.85. The van der Waals surface area contributed by atoms with Gasteiger partial charge in [-0.3, -0.25) is 4.79 Å². The molecule has 2 N–H and O–H groups in total. The van der Waals surface area contributed by atoms with Gasteiger partial charge in [-0.05, 0) is 31.6 Å². The second-order valence-electron chi connectivity index (χ2n) is 7.43. The summed E-state index contributed by atoms with van der Waals surface area (Å²) in [6, 6.07) is 0. The molecule has 2 unspecified atom stereocenters. The molecule has 8 nitrogen and oxygen atoms in total. The van der Waals surface area contributed by atoms with Gasteiger partial charge in [-0.25, -0.2) is 9.59 Å². The van der Waals surface area contributed by atoms with E-state index in [1.165, 1.54) is 13.0 Å². The van der Waals surface area contributed by atoms with Crippen molar-refractivity contribution in [1.82, 2.24) is 0 Å². The van der Waals surface area contributed by atoms with Gasteiger partial charge in [-0.1, -0.05) is 18.2 Å². The summed E-state index contributed by atoms with van der Waals surface area (Å²) in [5.41, 5.74) is 1.67. The van der Waals surface area contributed by atoms with Crippen LogP contribution in [-0.2, 0) is 28.6 Å². The monoisotopic (exact) mass is 420 g/mol. The summed E-state index contributed by atoms with van der Waals surface area (Å²) >= 11 is 0. The zero-order chi connectivity index (χ0) is 22.4. The van der Waals surface area contributed by atoms with Gasteiger partial charge in [0, 0.05) is 25.3 Å². The standard InChI is InChI=1S/C22H28O8/c1-12-5-6-17(28-15(4)25)13(2)10-19-20(14(3)21(26)29-19)18(9-12)30-22(27)16(11-24)7-8-23/h5,7,10,17-20,23-24H,3,6,8-9,11H2,1-2,4H3/b12-5+,13-10-,16-7+/t17-,18+,19?,20?/m0/s1. The van der Waals surface area contributed by atoms with Crippen LogP contribution in [0.25, 0.3) is 0 Å². The predicted molar refractivity (Wildman–Crippen MR) is 107 cm³/mol. The number of hydrogen-bond acceptors (Lipinski definition) is 8. The van der Waals surface area contributed by atoms with Crippen molar-refractivity contribution in [3.63, 3.8) is 0 Å². The fourth-order valence-corrected chi connectivity index (χ4v) is 3.56. The number of aliphatic hydroxyl groups excluding tert-OH is 2. The van der Waals surface area contributed by atoms with E-state index in [1.54, 1.807) is 13.0 Å². The summed E-state index contributed by atoms with van der Waals surface area (Å²) in [7, 11) is 0. The van der Waals surface area contributed by atoms with Crippen molar-refractivity contribution in [2.75, 3.05) is 13.2 Å². The van der Waals surface area contributed by atoms with Gasteiger partial charge in [0.2, 0.25) is 0 Å². The summed E-state index contributed by atoms with van der Waals surface area (Å²) in [5.74, 6) is -2.44. The third-order valence-electron chi connectivity index (χ3n) is 5.14. The molecule has 2 aliphatic rings. The minimum Gasteiger partial charge on any atom is -0.458 e. The number of esters is 3. The van der Waals surface area contributed by atoms with E-state index in [2.05, 4.69) is 6.58 Å². The highest BCUT2D eigenvalue weighted by Crippen LogP contribution is 2.36. The molecule has 8 heteroatoms. The van der Waals surface area contributed by atoms with Gasteiger partial charge in [-0.2, -0.15) is 0 Å². The van der Waals surface area contributed by atoms with Gasteiger partial charge in [-0.15, -0.1) is 0 Å². The third kappa shape index (κ3) is 5.67. The van der Waals surface area contributed by atoms with Crippen LogP contribution >= 0.6 is 0 Å². The number of fused-ring (bicyclic) bond motifs is 1. The van der Waals surface area contributed by atoms with Crippen molar-refractivity contribution >= 4 is 17.9 Å². The van der Waals surface area contributed by atoms with Crippen molar-refractivity contribution in [3.8, 4) is 0 Å². The second-order valence-corrected chi connectivity index (χ2v) is 7.43. The molecule has 0 aromatic heterocycles. The van der Waals surface area contributed by atoms with E-state index in [9.17, 15) is 19.5 Å². The first kappa shape index (κ1) is 23.6. The molecule has 0 saturated carbocycles.